The Morgan fingerprint density at radius 1 is 1.42 bits per heavy atom. The van der Waals surface area contributed by atoms with Crippen molar-refractivity contribution < 1.29 is 9.53 Å². The normalized spacial score (nSPS) is 10.7. The number of aryl methyl sites for hydroxylation is 3. The minimum Gasteiger partial charge on any atom is -0.465 e. The predicted molar refractivity (Wildman–Crippen MR) is 76.6 cm³/mol. The third kappa shape index (κ3) is 2.42. The first-order chi connectivity index (χ1) is 9.12. The molecule has 0 spiro atoms. The monoisotopic (exact) mass is 278 g/mol. The number of nitrogens with zero attached hydrogens (tertiary/aromatic N) is 2. The number of methoxy groups -OCH3 is 1. The molecular weight excluding hydrogens is 260 g/mol. The molecule has 0 aliphatic heterocycles. The van der Waals surface area contributed by atoms with Crippen LogP contribution in [-0.4, -0.2) is 22.9 Å². The molecule has 0 saturated carbocycles. The van der Waals surface area contributed by atoms with Crippen LogP contribution in [0.15, 0.2) is 12.3 Å². The van der Waals surface area contributed by atoms with Crippen LogP contribution in [0.4, 0.5) is 0 Å². The lowest BCUT2D eigenvalue weighted by atomic mass is 10.1. The number of aromatic nitrogens is 2. The van der Waals surface area contributed by atoms with E-state index in [1.165, 1.54) is 28.9 Å². The van der Waals surface area contributed by atoms with Crippen LogP contribution in [0.25, 0.3) is 11.3 Å². The highest BCUT2D eigenvalue weighted by Gasteiger charge is 2.19. The molecule has 0 fully saturated rings. The number of carbonyl (C=O) groups excluding carboxylic acids is 1. The molecule has 2 aromatic rings. The molecule has 2 heterocycles. The van der Waals surface area contributed by atoms with Crippen molar-refractivity contribution in [3.05, 3.63) is 27.6 Å². The van der Waals surface area contributed by atoms with Gasteiger partial charge in [0.05, 0.1) is 19.0 Å². The zero-order valence-corrected chi connectivity index (χ0v) is 12.5. The van der Waals surface area contributed by atoms with E-state index in [-0.39, 0.29) is 5.97 Å². The Hall–Kier alpha value is -1.62. The summed E-state index contributed by atoms with van der Waals surface area (Å²) in [5.74, 6) is -0.272. The summed E-state index contributed by atoms with van der Waals surface area (Å²) < 4.78 is 6.68. The summed E-state index contributed by atoms with van der Waals surface area (Å²) >= 11 is 1.50. The molecule has 0 aliphatic rings. The predicted octanol–water partition coefficient (Wildman–Crippen LogP) is 3.06. The van der Waals surface area contributed by atoms with Crippen LogP contribution in [0.3, 0.4) is 0 Å². The Balaban J connectivity index is 2.57. The number of hydrogen-bond donors (Lipinski definition) is 0. The maximum atomic E-state index is 11.7. The van der Waals surface area contributed by atoms with Crippen molar-refractivity contribution in [2.75, 3.05) is 7.11 Å². The molecule has 0 saturated heterocycles. The van der Waals surface area contributed by atoms with Gasteiger partial charge in [-0.1, -0.05) is 13.8 Å². The summed E-state index contributed by atoms with van der Waals surface area (Å²) in [6.07, 6.45) is 3.71. The second-order valence-electron chi connectivity index (χ2n) is 4.29. The zero-order chi connectivity index (χ0) is 14.0. The summed E-state index contributed by atoms with van der Waals surface area (Å²) in [4.78, 5) is 13.5. The summed E-state index contributed by atoms with van der Waals surface area (Å²) in [6.45, 7) is 4.21. The second-order valence-corrected chi connectivity index (χ2v) is 5.42. The fourth-order valence-electron chi connectivity index (χ4n) is 2.18. The Bertz CT molecular complexity index is 599. The first-order valence-electron chi connectivity index (χ1n) is 6.34. The number of thiophene rings is 1. The van der Waals surface area contributed by atoms with Crippen LogP contribution < -0.4 is 0 Å². The van der Waals surface area contributed by atoms with Crippen molar-refractivity contribution in [1.82, 2.24) is 9.78 Å². The van der Waals surface area contributed by atoms with Crippen LogP contribution in [0.2, 0.25) is 0 Å². The van der Waals surface area contributed by atoms with Crippen LogP contribution in [0, 0.1) is 0 Å². The molecule has 0 N–H and O–H groups in total. The van der Waals surface area contributed by atoms with E-state index in [0.29, 0.717) is 4.88 Å². The van der Waals surface area contributed by atoms with Gasteiger partial charge in [-0.25, -0.2) is 4.79 Å². The Labute approximate surface area is 117 Å². The summed E-state index contributed by atoms with van der Waals surface area (Å²) in [5, 5.41) is 4.32. The number of ether oxygens (including phenoxy) is 1. The molecule has 4 nitrogen and oxygen atoms in total. The first kappa shape index (κ1) is 13.8. The molecule has 0 unspecified atom stereocenters. The van der Waals surface area contributed by atoms with Gasteiger partial charge < -0.3 is 4.74 Å². The van der Waals surface area contributed by atoms with Crippen molar-refractivity contribution in [3.8, 4) is 11.3 Å². The smallest absolute Gasteiger partial charge is 0.348 e. The van der Waals surface area contributed by atoms with E-state index >= 15 is 0 Å². The van der Waals surface area contributed by atoms with Gasteiger partial charge in [0.25, 0.3) is 0 Å². The number of carbonyl (C=O) groups is 1. The molecule has 2 aromatic heterocycles. The summed E-state index contributed by atoms with van der Waals surface area (Å²) in [6, 6.07) is 1.92. The van der Waals surface area contributed by atoms with E-state index in [9.17, 15) is 4.79 Å². The highest BCUT2D eigenvalue weighted by atomic mass is 32.1. The minimum absolute atomic E-state index is 0.272. The van der Waals surface area contributed by atoms with E-state index < -0.39 is 0 Å². The Morgan fingerprint density at radius 2 is 2.16 bits per heavy atom. The fraction of sp³-hybridized carbons (Fsp3) is 0.429. The van der Waals surface area contributed by atoms with Gasteiger partial charge >= 0.3 is 5.97 Å². The van der Waals surface area contributed by atoms with Crippen LogP contribution in [0.1, 0.15) is 34.0 Å². The molecule has 19 heavy (non-hydrogen) atoms. The van der Waals surface area contributed by atoms with Gasteiger partial charge in [-0.15, -0.1) is 11.3 Å². The molecule has 102 valence electrons. The maximum absolute atomic E-state index is 11.7. The largest absolute Gasteiger partial charge is 0.465 e. The van der Waals surface area contributed by atoms with Gasteiger partial charge in [-0.2, -0.15) is 5.10 Å². The SMILES string of the molecule is CCc1cnn(C)c1-c1cc(C(=O)OC)sc1CC. The molecule has 0 bridgehead atoms. The minimum atomic E-state index is -0.272. The third-order valence-corrected chi connectivity index (χ3v) is 4.43. The van der Waals surface area contributed by atoms with Crippen molar-refractivity contribution in [3.63, 3.8) is 0 Å². The molecule has 0 aliphatic carbocycles. The molecule has 0 amide bonds. The van der Waals surface area contributed by atoms with Crippen molar-refractivity contribution in [2.45, 2.75) is 26.7 Å². The van der Waals surface area contributed by atoms with Crippen molar-refractivity contribution in [2.24, 2.45) is 7.05 Å². The fourth-order valence-corrected chi connectivity index (χ4v) is 3.20. The lowest BCUT2D eigenvalue weighted by Crippen LogP contribution is -1.98. The zero-order valence-electron chi connectivity index (χ0n) is 11.7. The van der Waals surface area contributed by atoms with Crippen LogP contribution in [0.5, 0.6) is 0 Å². The van der Waals surface area contributed by atoms with Gasteiger partial charge in [0, 0.05) is 17.5 Å². The van der Waals surface area contributed by atoms with Gasteiger partial charge in [0.15, 0.2) is 0 Å². The Morgan fingerprint density at radius 3 is 2.74 bits per heavy atom. The standard InChI is InChI=1S/C14H18N2O2S/c1-5-9-8-15-16(3)13(9)10-7-12(14(17)18-4)19-11(10)6-2/h7-8H,5-6H2,1-4H3. The quantitative estimate of drug-likeness (QED) is 0.807. The molecule has 0 aromatic carbocycles. The van der Waals surface area contributed by atoms with Gasteiger partial charge in [-0.3, -0.25) is 4.68 Å². The van der Waals surface area contributed by atoms with Gasteiger partial charge in [0.1, 0.15) is 4.88 Å². The van der Waals surface area contributed by atoms with Gasteiger partial charge in [0.2, 0.25) is 0 Å². The molecular formula is C14H18N2O2S. The Kier molecular flexibility index (Phi) is 4.04. The lowest BCUT2D eigenvalue weighted by Gasteiger charge is -2.05. The average molecular weight is 278 g/mol. The lowest BCUT2D eigenvalue weighted by molar-refractivity contribution is 0.0606. The van der Waals surface area contributed by atoms with E-state index in [2.05, 4.69) is 18.9 Å². The van der Waals surface area contributed by atoms with Crippen LogP contribution in [-0.2, 0) is 24.6 Å². The molecule has 0 radical (unpaired) electrons. The third-order valence-electron chi connectivity index (χ3n) is 3.17. The van der Waals surface area contributed by atoms with Gasteiger partial charge in [-0.05, 0) is 24.5 Å². The van der Waals surface area contributed by atoms with E-state index in [0.717, 1.165) is 24.1 Å². The molecule has 0 atom stereocenters. The number of rotatable bonds is 4. The molecule has 2 rings (SSSR count). The highest BCUT2D eigenvalue weighted by Crippen LogP contribution is 2.34. The maximum Gasteiger partial charge on any atom is 0.348 e. The first-order valence-corrected chi connectivity index (χ1v) is 7.16. The van der Waals surface area contributed by atoms with Crippen LogP contribution >= 0.6 is 11.3 Å². The van der Waals surface area contributed by atoms with Crippen molar-refractivity contribution >= 4 is 17.3 Å². The number of esters is 1. The number of hydrogen-bond acceptors (Lipinski definition) is 4. The van der Waals surface area contributed by atoms with E-state index in [1.54, 1.807) is 0 Å². The average Bonchev–Trinajstić information content (AvgIpc) is 3.00. The van der Waals surface area contributed by atoms with E-state index in [4.69, 9.17) is 4.74 Å². The van der Waals surface area contributed by atoms with Crippen molar-refractivity contribution in [1.29, 1.82) is 0 Å². The van der Waals surface area contributed by atoms with E-state index in [1.807, 2.05) is 24.0 Å². The highest BCUT2D eigenvalue weighted by molar-refractivity contribution is 7.14. The molecule has 5 heteroatoms. The summed E-state index contributed by atoms with van der Waals surface area (Å²) in [5.41, 5.74) is 3.40. The summed E-state index contributed by atoms with van der Waals surface area (Å²) in [7, 11) is 3.35. The topological polar surface area (TPSA) is 44.1 Å². The second kappa shape index (κ2) is 5.57.